The van der Waals surface area contributed by atoms with Gasteiger partial charge in [-0.15, -0.1) is 0 Å². The van der Waals surface area contributed by atoms with Crippen LogP contribution in [0, 0.1) is 0 Å². The first-order valence-electron chi connectivity index (χ1n) is 5.25. The van der Waals surface area contributed by atoms with Gasteiger partial charge in [0.1, 0.15) is 5.60 Å². The fraction of sp³-hybridized carbons (Fsp3) is 0.818. The van der Waals surface area contributed by atoms with Gasteiger partial charge in [0.25, 0.3) is 6.47 Å². The lowest BCUT2D eigenvalue weighted by Gasteiger charge is -2.27. The fourth-order valence-corrected chi connectivity index (χ4v) is 0.631. The second-order valence-corrected chi connectivity index (χ2v) is 5.05. The van der Waals surface area contributed by atoms with Gasteiger partial charge < -0.3 is 20.5 Å². The molecule has 0 aromatic heterocycles. The van der Waals surface area contributed by atoms with E-state index < -0.39 is 17.2 Å². The average Bonchev–Trinajstić information content (AvgIpc) is 2.14. The van der Waals surface area contributed by atoms with Crippen LogP contribution in [0.5, 0.6) is 0 Å². The summed E-state index contributed by atoms with van der Waals surface area (Å²) in [6.45, 7) is 9.91. The Morgan fingerprint density at radius 3 is 1.94 bits per heavy atom. The van der Waals surface area contributed by atoms with Gasteiger partial charge in [-0.3, -0.25) is 4.79 Å². The van der Waals surface area contributed by atoms with E-state index in [0.29, 0.717) is 13.0 Å². The van der Waals surface area contributed by atoms with Gasteiger partial charge in [-0.1, -0.05) is 0 Å². The Morgan fingerprint density at radius 1 is 1.29 bits per heavy atom. The largest absolute Gasteiger partial charge is 0.471 e. The molecule has 17 heavy (non-hydrogen) atoms. The highest BCUT2D eigenvalue weighted by atomic mass is 16.6. The minimum Gasteiger partial charge on any atom is -0.471 e. The van der Waals surface area contributed by atoms with Crippen molar-refractivity contribution in [3.63, 3.8) is 0 Å². The minimum atomic E-state index is -0.464. The molecule has 0 aliphatic rings. The zero-order chi connectivity index (χ0) is 14.1. The molecule has 0 radical (unpaired) electrons. The molecular formula is C11H24N2O4. The standard InChI is InChI=1S/C9H20N2O2.C2H4O2/c1-8(2,3)13-7(12)11-9(4,5)6-10;1-4-2-3/h6,10H2,1-5H3,(H,11,12);2H,1H3. The van der Waals surface area contributed by atoms with Crippen molar-refractivity contribution >= 4 is 12.6 Å². The van der Waals surface area contributed by atoms with Crippen LogP contribution in [0.25, 0.3) is 0 Å². The van der Waals surface area contributed by atoms with Gasteiger partial charge in [0.15, 0.2) is 0 Å². The van der Waals surface area contributed by atoms with Crippen LogP contribution in [0.15, 0.2) is 0 Å². The molecule has 102 valence electrons. The Hall–Kier alpha value is -1.30. The smallest absolute Gasteiger partial charge is 0.408 e. The number of alkyl carbamates (subject to hydrolysis) is 1. The summed E-state index contributed by atoms with van der Waals surface area (Å²) in [4.78, 5) is 20.2. The van der Waals surface area contributed by atoms with Gasteiger partial charge in [-0.2, -0.15) is 0 Å². The highest BCUT2D eigenvalue weighted by Crippen LogP contribution is 2.08. The lowest BCUT2D eigenvalue weighted by Crippen LogP contribution is -2.50. The molecule has 0 bridgehead atoms. The molecule has 1 amide bonds. The van der Waals surface area contributed by atoms with E-state index in [-0.39, 0.29) is 0 Å². The van der Waals surface area contributed by atoms with Gasteiger partial charge in [-0.05, 0) is 34.6 Å². The van der Waals surface area contributed by atoms with Crippen molar-refractivity contribution < 1.29 is 19.1 Å². The average molecular weight is 248 g/mol. The molecule has 6 nitrogen and oxygen atoms in total. The summed E-state index contributed by atoms with van der Waals surface area (Å²) in [6, 6.07) is 0. The maximum Gasteiger partial charge on any atom is 0.408 e. The minimum absolute atomic E-state index is 0.375. The lowest BCUT2D eigenvalue weighted by atomic mass is 10.1. The van der Waals surface area contributed by atoms with Gasteiger partial charge in [0.05, 0.1) is 7.11 Å². The third-order valence-corrected chi connectivity index (χ3v) is 1.45. The van der Waals surface area contributed by atoms with Gasteiger partial charge in [0, 0.05) is 12.1 Å². The second kappa shape index (κ2) is 7.89. The van der Waals surface area contributed by atoms with Crippen LogP contribution in [0.2, 0.25) is 0 Å². The number of nitrogens with two attached hydrogens (primary N) is 1. The molecule has 6 heteroatoms. The van der Waals surface area contributed by atoms with Crippen molar-refractivity contribution in [2.45, 2.75) is 45.8 Å². The molecule has 0 aromatic rings. The molecule has 0 saturated heterocycles. The van der Waals surface area contributed by atoms with Crippen LogP contribution in [0.1, 0.15) is 34.6 Å². The first-order chi connectivity index (χ1) is 7.58. The number of hydrogen-bond acceptors (Lipinski definition) is 5. The Balaban J connectivity index is 0. The van der Waals surface area contributed by atoms with Crippen LogP contribution in [0.4, 0.5) is 4.79 Å². The number of methoxy groups -OCH3 is 1. The van der Waals surface area contributed by atoms with E-state index in [1.807, 2.05) is 34.6 Å². The molecule has 0 aliphatic carbocycles. The van der Waals surface area contributed by atoms with Crippen LogP contribution in [-0.4, -0.2) is 37.4 Å². The Morgan fingerprint density at radius 2 is 1.71 bits per heavy atom. The lowest BCUT2D eigenvalue weighted by molar-refractivity contribution is -0.126. The Kier molecular flexibility index (Phi) is 8.39. The monoisotopic (exact) mass is 248 g/mol. The molecule has 0 fully saturated rings. The van der Waals surface area contributed by atoms with Crippen molar-refractivity contribution in [2.75, 3.05) is 13.7 Å². The Bertz CT molecular complexity index is 234. The van der Waals surface area contributed by atoms with E-state index in [4.69, 9.17) is 15.3 Å². The molecular weight excluding hydrogens is 224 g/mol. The number of rotatable bonds is 3. The molecule has 0 unspecified atom stereocenters. The summed E-state index contributed by atoms with van der Waals surface area (Å²) in [5, 5.41) is 2.68. The van der Waals surface area contributed by atoms with Crippen molar-refractivity contribution in [1.82, 2.24) is 5.32 Å². The van der Waals surface area contributed by atoms with Crippen LogP contribution >= 0.6 is 0 Å². The molecule has 0 aliphatic heterocycles. The first kappa shape index (κ1) is 18.1. The molecule has 0 spiro atoms. The predicted octanol–water partition coefficient (Wildman–Crippen LogP) is 1.04. The van der Waals surface area contributed by atoms with Gasteiger partial charge in [-0.25, -0.2) is 4.79 Å². The predicted molar refractivity (Wildman–Crippen MR) is 65.6 cm³/mol. The molecule has 0 saturated carbocycles. The van der Waals surface area contributed by atoms with E-state index in [2.05, 4.69) is 10.1 Å². The highest BCUT2D eigenvalue weighted by Gasteiger charge is 2.22. The summed E-state index contributed by atoms with van der Waals surface area (Å²) < 4.78 is 8.93. The summed E-state index contributed by atoms with van der Waals surface area (Å²) in [5.74, 6) is 0. The number of carbonyl (C=O) groups excluding carboxylic acids is 2. The van der Waals surface area contributed by atoms with E-state index >= 15 is 0 Å². The van der Waals surface area contributed by atoms with Crippen LogP contribution in [0.3, 0.4) is 0 Å². The third kappa shape index (κ3) is 14.7. The molecule has 0 heterocycles. The summed E-state index contributed by atoms with van der Waals surface area (Å²) in [6.07, 6.45) is -0.428. The van der Waals surface area contributed by atoms with Gasteiger partial charge >= 0.3 is 6.09 Å². The quantitative estimate of drug-likeness (QED) is 0.728. The van der Waals surface area contributed by atoms with E-state index in [0.717, 1.165) is 0 Å². The highest BCUT2D eigenvalue weighted by molar-refractivity contribution is 5.68. The van der Waals surface area contributed by atoms with Crippen molar-refractivity contribution in [2.24, 2.45) is 5.73 Å². The van der Waals surface area contributed by atoms with Gasteiger partial charge in [0.2, 0.25) is 0 Å². The Labute approximate surface area is 103 Å². The first-order valence-corrected chi connectivity index (χ1v) is 5.25. The number of hydrogen-bond donors (Lipinski definition) is 2. The zero-order valence-electron chi connectivity index (χ0n) is 11.5. The third-order valence-electron chi connectivity index (χ3n) is 1.45. The number of amides is 1. The van der Waals surface area contributed by atoms with Crippen LogP contribution < -0.4 is 11.1 Å². The van der Waals surface area contributed by atoms with Crippen molar-refractivity contribution in [1.29, 1.82) is 0 Å². The van der Waals surface area contributed by atoms with Crippen molar-refractivity contribution in [3.05, 3.63) is 0 Å². The molecule has 0 aromatic carbocycles. The summed E-state index contributed by atoms with van der Waals surface area (Å²) in [7, 11) is 1.31. The normalized spacial score (nSPS) is 10.8. The maximum atomic E-state index is 11.2. The summed E-state index contributed by atoms with van der Waals surface area (Å²) in [5.41, 5.74) is 4.57. The van der Waals surface area contributed by atoms with E-state index in [9.17, 15) is 4.79 Å². The molecule has 3 N–H and O–H groups in total. The zero-order valence-corrected chi connectivity index (χ0v) is 11.5. The second-order valence-electron chi connectivity index (χ2n) is 5.05. The van der Waals surface area contributed by atoms with E-state index in [1.165, 1.54) is 7.11 Å². The number of ether oxygens (including phenoxy) is 2. The topological polar surface area (TPSA) is 90.7 Å². The fourth-order valence-electron chi connectivity index (χ4n) is 0.631. The molecule has 0 rings (SSSR count). The number of nitrogens with one attached hydrogen (secondary N) is 1. The SMILES string of the molecule is CC(C)(CN)NC(=O)OC(C)(C)C.COC=O. The van der Waals surface area contributed by atoms with Crippen molar-refractivity contribution in [3.8, 4) is 0 Å². The number of carbonyl (C=O) groups is 2. The summed E-state index contributed by atoms with van der Waals surface area (Å²) >= 11 is 0. The molecule has 0 atom stereocenters. The van der Waals surface area contributed by atoms with E-state index in [1.54, 1.807) is 0 Å². The maximum absolute atomic E-state index is 11.2. The van der Waals surface area contributed by atoms with Crippen LogP contribution in [-0.2, 0) is 14.3 Å².